The second kappa shape index (κ2) is 10.6. The van der Waals surface area contributed by atoms with Gasteiger partial charge >= 0.3 is 0 Å². The summed E-state index contributed by atoms with van der Waals surface area (Å²) in [5.74, 6) is 0.367. The summed E-state index contributed by atoms with van der Waals surface area (Å²) < 4.78 is 5.39. The standard InChI is InChI=1S/C20H31N3O2.2ClH/c1-20(2)15-22(19(24)18(21)17-8-12-25-13-9-17)10-11-23(20)14-16-6-4-3-5-7-16;;/h3-7,17-18H,8-15,21H2,1-2H3;2*1H. The molecule has 27 heavy (non-hydrogen) atoms. The van der Waals surface area contributed by atoms with E-state index in [4.69, 9.17) is 10.5 Å². The highest BCUT2D eigenvalue weighted by Crippen LogP contribution is 2.25. The molecule has 154 valence electrons. The van der Waals surface area contributed by atoms with Gasteiger partial charge in [-0.15, -0.1) is 24.8 Å². The lowest BCUT2D eigenvalue weighted by Gasteiger charge is -2.48. The van der Waals surface area contributed by atoms with Crippen molar-refractivity contribution in [3.8, 4) is 0 Å². The first-order valence-corrected chi connectivity index (χ1v) is 9.38. The number of hydrogen-bond acceptors (Lipinski definition) is 4. The van der Waals surface area contributed by atoms with E-state index in [0.717, 1.165) is 52.2 Å². The maximum Gasteiger partial charge on any atom is 0.239 e. The molecular weight excluding hydrogens is 385 g/mol. The highest BCUT2D eigenvalue weighted by atomic mass is 35.5. The van der Waals surface area contributed by atoms with E-state index in [-0.39, 0.29) is 48.2 Å². The fourth-order valence-electron chi connectivity index (χ4n) is 3.96. The van der Waals surface area contributed by atoms with Crippen molar-refractivity contribution in [3.05, 3.63) is 35.9 Å². The molecule has 2 saturated heterocycles. The minimum absolute atomic E-state index is 0. The third kappa shape index (κ3) is 6.06. The van der Waals surface area contributed by atoms with E-state index in [1.165, 1.54) is 5.56 Å². The topological polar surface area (TPSA) is 58.8 Å². The Hall–Kier alpha value is -0.850. The number of nitrogens with two attached hydrogens (primary N) is 1. The molecule has 3 rings (SSSR count). The molecule has 0 bridgehead atoms. The lowest BCUT2D eigenvalue weighted by molar-refractivity contribution is -0.140. The van der Waals surface area contributed by atoms with Gasteiger partial charge in [-0.2, -0.15) is 0 Å². The van der Waals surface area contributed by atoms with Crippen molar-refractivity contribution in [2.24, 2.45) is 11.7 Å². The molecule has 0 spiro atoms. The zero-order chi connectivity index (χ0) is 17.9. The van der Waals surface area contributed by atoms with Crippen molar-refractivity contribution < 1.29 is 9.53 Å². The molecule has 2 heterocycles. The Morgan fingerprint density at radius 2 is 1.81 bits per heavy atom. The maximum absolute atomic E-state index is 12.9. The molecule has 0 aliphatic carbocycles. The molecule has 2 aliphatic rings. The molecule has 1 atom stereocenters. The van der Waals surface area contributed by atoms with Gasteiger partial charge in [0.25, 0.3) is 0 Å². The van der Waals surface area contributed by atoms with Crippen LogP contribution in [0.2, 0.25) is 0 Å². The molecule has 1 aromatic rings. The zero-order valence-electron chi connectivity index (χ0n) is 16.3. The molecule has 2 fully saturated rings. The van der Waals surface area contributed by atoms with Gasteiger partial charge in [-0.3, -0.25) is 9.69 Å². The number of carbonyl (C=O) groups is 1. The van der Waals surface area contributed by atoms with E-state index in [2.05, 4.69) is 43.0 Å². The fraction of sp³-hybridized carbons (Fsp3) is 0.650. The Morgan fingerprint density at radius 1 is 1.19 bits per heavy atom. The summed E-state index contributed by atoms with van der Waals surface area (Å²) >= 11 is 0. The summed E-state index contributed by atoms with van der Waals surface area (Å²) in [5.41, 5.74) is 7.57. The number of benzene rings is 1. The van der Waals surface area contributed by atoms with E-state index in [0.29, 0.717) is 0 Å². The molecule has 0 aromatic heterocycles. The SMILES string of the molecule is CC1(C)CN(C(=O)C(N)C2CCOCC2)CCN1Cc1ccccc1.Cl.Cl. The van der Waals surface area contributed by atoms with E-state index >= 15 is 0 Å². The predicted molar refractivity (Wildman–Crippen MR) is 114 cm³/mol. The first kappa shape index (κ1) is 24.2. The molecule has 2 aliphatic heterocycles. The summed E-state index contributed by atoms with van der Waals surface area (Å²) in [5, 5.41) is 0. The molecule has 1 aromatic carbocycles. The third-order valence-corrected chi connectivity index (χ3v) is 5.66. The Labute approximate surface area is 175 Å². The number of piperazine rings is 1. The molecule has 1 amide bonds. The Bertz CT molecular complexity index is 580. The fourth-order valence-corrected chi connectivity index (χ4v) is 3.96. The van der Waals surface area contributed by atoms with Crippen LogP contribution in [0.4, 0.5) is 0 Å². The number of carbonyl (C=O) groups excluding carboxylic acids is 1. The normalized spacial score (nSPS) is 21.7. The van der Waals surface area contributed by atoms with Crippen molar-refractivity contribution in [3.63, 3.8) is 0 Å². The van der Waals surface area contributed by atoms with Crippen LogP contribution in [0.15, 0.2) is 30.3 Å². The smallest absolute Gasteiger partial charge is 0.239 e. The van der Waals surface area contributed by atoms with Gasteiger partial charge in [0.1, 0.15) is 0 Å². The van der Waals surface area contributed by atoms with E-state index in [1.54, 1.807) is 0 Å². The molecule has 7 heteroatoms. The second-order valence-corrected chi connectivity index (χ2v) is 7.95. The van der Waals surface area contributed by atoms with Crippen LogP contribution in [0.3, 0.4) is 0 Å². The van der Waals surface area contributed by atoms with Crippen LogP contribution in [0.5, 0.6) is 0 Å². The number of halogens is 2. The average Bonchev–Trinajstić information content (AvgIpc) is 2.63. The third-order valence-electron chi connectivity index (χ3n) is 5.66. The minimum atomic E-state index is -0.389. The van der Waals surface area contributed by atoms with Crippen LogP contribution < -0.4 is 5.73 Å². The Balaban J connectivity index is 0.00000182. The summed E-state index contributed by atoms with van der Waals surface area (Å²) in [6.07, 6.45) is 1.79. The summed E-state index contributed by atoms with van der Waals surface area (Å²) in [4.78, 5) is 17.3. The zero-order valence-corrected chi connectivity index (χ0v) is 17.9. The number of ether oxygens (including phenoxy) is 1. The van der Waals surface area contributed by atoms with Crippen LogP contribution in [0.1, 0.15) is 32.3 Å². The summed E-state index contributed by atoms with van der Waals surface area (Å²) in [6.45, 7) is 9.17. The molecular formula is C20H33Cl2N3O2. The van der Waals surface area contributed by atoms with Crippen LogP contribution in [0.25, 0.3) is 0 Å². The highest BCUT2D eigenvalue weighted by Gasteiger charge is 2.38. The molecule has 2 N–H and O–H groups in total. The minimum Gasteiger partial charge on any atom is -0.381 e. The molecule has 0 saturated carbocycles. The van der Waals surface area contributed by atoms with Gasteiger partial charge < -0.3 is 15.4 Å². The van der Waals surface area contributed by atoms with E-state index < -0.39 is 0 Å². The van der Waals surface area contributed by atoms with Crippen LogP contribution >= 0.6 is 24.8 Å². The van der Waals surface area contributed by atoms with Crippen LogP contribution in [-0.2, 0) is 16.1 Å². The molecule has 1 unspecified atom stereocenters. The summed E-state index contributed by atoms with van der Waals surface area (Å²) in [6, 6.07) is 10.1. The van der Waals surface area contributed by atoms with E-state index in [9.17, 15) is 4.79 Å². The van der Waals surface area contributed by atoms with Crippen LogP contribution in [-0.4, -0.2) is 60.1 Å². The maximum atomic E-state index is 12.9. The van der Waals surface area contributed by atoms with Gasteiger partial charge in [-0.05, 0) is 38.2 Å². The van der Waals surface area contributed by atoms with Crippen molar-refractivity contribution in [1.29, 1.82) is 0 Å². The molecule has 5 nitrogen and oxygen atoms in total. The predicted octanol–water partition coefficient (Wildman–Crippen LogP) is 2.71. The number of rotatable bonds is 4. The van der Waals surface area contributed by atoms with Gasteiger partial charge in [-0.1, -0.05) is 30.3 Å². The van der Waals surface area contributed by atoms with Crippen LogP contribution in [0, 0.1) is 5.92 Å². The van der Waals surface area contributed by atoms with Crippen molar-refractivity contribution in [2.75, 3.05) is 32.8 Å². The first-order valence-electron chi connectivity index (χ1n) is 9.38. The molecule has 0 radical (unpaired) electrons. The van der Waals surface area contributed by atoms with Gasteiger partial charge in [0, 0.05) is 44.9 Å². The average molecular weight is 418 g/mol. The lowest BCUT2D eigenvalue weighted by atomic mass is 9.90. The quantitative estimate of drug-likeness (QED) is 0.817. The summed E-state index contributed by atoms with van der Waals surface area (Å²) in [7, 11) is 0. The lowest BCUT2D eigenvalue weighted by Crippen LogP contribution is -2.62. The largest absolute Gasteiger partial charge is 0.381 e. The highest BCUT2D eigenvalue weighted by molar-refractivity contribution is 5.85. The van der Waals surface area contributed by atoms with Gasteiger partial charge in [0.05, 0.1) is 6.04 Å². The number of amides is 1. The van der Waals surface area contributed by atoms with Gasteiger partial charge in [0.2, 0.25) is 5.91 Å². The first-order chi connectivity index (χ1) is 12.0. The number of hydrogen-bond donors (Lipinski definition) is 1. The van der Waals surface area contributed by atoms with Crippen molar-refractivity contribution in [1.82, 2.24) is 9.80 Å². The van der Waals surface area contributed by atoms with Gasteiger partial charge in [0.15, 0.2) is 0 Å². The Kier molecular flexibility index (Phi) is 9.52. The number of nitrogens with zero attached hydrogens (tertiary/aromatic N) is 2. The monoisotopic (exact) mass is 417 g/mol. The Morgan fingerprint density at radius 3 is 2.41 bits per heavy atom. The second-order valence-electron chi connectivity index (χ2n) is 7.95. The van der Waals surface area contributed by atoms with E-state index in [1.807, 2.05) is 11.0 Å². The van der Waals surface area contributed by atoms with Gasteiger partial charge in [-0.25, -0.2) is 0 Å². The van der Waals surface area contributed by atoms with Crippen molar-refractivity contribution >= 4 is 30.7 Å². The van der Waals surface area contributed by atoms with Crippen molar-refractivity contribution in [2.45, 2.75) is 44.8 Å².